The van der Waals surface area contributed by atoms with Crippen LogP contribution in [0, 0.1) is 0 Å². The summed E-state index contributed by atoms with van der Waals surface area (Å²) in [5.41, 5.74) is 1.37. The van der Waals surface area contributed by atoms with Crippen molar-refractivity contribution < 1.29 is 13.2 Å². The number of alkyl halides is 3. The Bertz CT molecular complexity index is 688. The normalized spacial score (nSPS) is 19.3. The molecule has 2 aromatic rings. The fourth-order valence-corrected chi connectivity index (χ4v) is 3.35. The van der Waals surface area contributed by atoms with Crippen molar-refractivity contribution in [2.45, 2.75) is 31.5 Å². The van der Waals surface area contributed by atoms with Gasteiger partial charge in [0.15, 0.2) is 0 Å². The number of benzene rings is 1. The maximum atomic E-state index is 13.2. The molecule has 0 bridgehead atoms. The molecule has 1 aliphatic rings. The number of aromatic nitrogens is 1. The van der Waals surface area contributed by atoms with Crippen LogP contribution in [-0.4, -0.2) is 30.0 Å². The van der Waals surface area contributed by atoms with Crippen molar-refractivity contribution in [3.05, 3.63) is 34.0 Å². The molecule has 3 rings (SSSR count). The predicted molar refractivity (Wildman–Crippen MR) is 77.8 cm³/mol. The van der Waals surface area contributed by atoms with Crippen LogP contribution in [0.3, 0.4) is 0 Å². The largest absolute Gasteiger partial charge is 0.418 e. The molecule has 1 N–H and O–H groups in total. The highest BCUT2D eigenvalue weighted by Gasteiger charge is 2.35. The van der Waals surface area contributed by atoms with Gasteiger partial charge in [-0.15, -0.1) is 0 Å². The Hall–Kier alpha value is -1.20. The Balaban J connectivity index is 2.20. The van der Waals surface area contributed by atoms with Crippen molar-refractivity contribution in [1.29, 1.82) is 0 Å². The minimum Gasteiger partial charge on any atom is -0.358 e. The van der Waals surface area contributed by atoms with E-state index in [0.29, 0.717) is 11.4 Å². The van der Waals surface area contributed by atoms with Gasteiger partial charge < -0.3 is 9.88 Å². The van der Waals surface area contributed by atoms with Gasteiger partial charge in [-0.3, -0.25) is 0 Å². The van der Waals surface area contributed by atoms with E-state index < -0.39 is 11.7 Å². The molecule has 0 radical (unpaired) electrons. The van der Waals surface area contributed by atoms with Gasteiger partial charge >= 0.3 is 6.18 Å². The van der Waals surface area contributed by atoms with Gasteiger partial charge in [0.2, 0.25) is 0 Å². The SMILES string of the molecule is CN(C)C1CCc2[nH]c3c(C(F)(F)F)cc(Cl)cc3c2C1. The third-order valence-electron chi connectivity index (χ3n) is 4.27. The lowest BCUT2D eigenvalue weighted by atomic mass is 9.90. The highest BCUT2D eigenvalue weighted by Crippen LogP contribution is 2.40. The number of nitrogens with one attached hydrogen (secondary N) is 1. The topological polar surface area (TPSA) is 19.0 Å². The van der Waals surface area contributed by atoms with Crippen LogP contribution in [-0.2, 0) is 19.0 Å². The average Bonchev–Trinajstić information content (AvgIpc) is 2.74. The van der Waals surface area contributed by atoms with E-state index in [0.717, 1.165) is 36.6 Å². The van der Waals surface area contributed by atoms with E-state index >= 15 is 0 Å². The monoisotopic (exact) mass is 316 g/mol. The predicted octanol–water partition coefficient (Wildman–Crippen LogP) is 4.26. The first-order chi connectivity index (χ1) is 9.77. The molecule has 0 amide bonds. The van der Waals surface area contributed by atoms with Crippen LogP contribution in [0.1, 0.15) is 23.2 Å². The third-order valence-corrected chi connectivity index (χ3v) is 4.49. The summed E-state index contributed by atoms with van der Waals surface area (Å²) in [4.78, 5) is 5.10. The summed E-state index contributed by atoms with van der Waals surface area (Å²) in [6.45, 7) is 0. The summed E-state index contributed by atoms with van der Waals surface area (Å²) in [6.07, 6.45) is -1.94. The van der Waals surface area contributed by atoms with Crippen LogP contribution >= 0.6 is 11.6 Å². The summed E-state index contributed by atoms with van der Waals surface area (Å²) in [6, 6.07) is 2.99. The second kappa shape index (κ2) is 4.92. The molecular weight excluding hydrogens is 301 g/mol. The lowest BCUT2D eigenvalue weighted by Crippen LogP contribution is -2.33. The number of H-pyrrole nitrogens is 1. The molecule has 114 valence electrons. The Morgan fingerprint density at radius 3 is 2.62 bits per heavy atom. The van der Waals surface area contributed by atoms with Gasteiger partial charge in [-0.25, -0.2) is 0 Å². The minimum atomic E-state index is -4.41. The first-order valence-electron chi connectivity index (χ1n) is 6.84. The van der Waals surface area contributed by atoms with Gasteiger partial charge in [0.25, 0.3) is 0 Å². The zero-order valence-corrected chi connectivity index (χ0v) is 12.6. The first kappa shape index (κ1) is 14.7. The van der Waals surface area contributed by atoms with Gasteiger partial charge in [-0.05, 0) is 51.1 Å². The van der Waals surface area contributed by atoms with Gasteiger partial charge in [0.1, 0.15) is 0 Å². The zero-order valence-electron chi connectivity index (χ0n) is 11.8. The van der Waals surface area contributed by atoms with Gasteiger partial charge in [-0.1, -0.05) is 11.6 Å². The summed E-state index contributed by atoms with van der Waals surface area (Å²) in [5.74, 6) is 0. The van der Waals surface area contributed by atoms with Crippen LogP contribution in [0.2, 0.25) is 5.02 Å². The molecule has 0 fully saturated rings. The smallest absolute Gasteiger partial charge is 0.358 e. The molecule has 0 spiro atoms. The summed E-state index contributed by atoms with van der Waals surface area (Å²) in [5, 5.41) is 0.736. The molecule has 2 nitrogen and oxygen atoms in total. The summed E-state index contributed by atoms with van der Waals surface area (Å²) in [7, 11) is 4.00. The van der Waals surface area contributed by atoms with Crippen molar-refractivity contribution in [3.63, 3.8) is 0 Å². The Morgan fingerprint density at radius 1 is 1.29 bits per heavy atom. The maximum absolute atomic E-state index is 13.2. The Morgan fingerprint density at radius 2 is 2.00 bits per heavy atom. The second-order valence-corrected chi connectivity index (χ2v) is 6.25. The number of halogens is 4. The Labute approximate surface area is 125 Å². The van der Waals surface area contributed by atoms with E-state index in [1.807, 2.05) is 14.1 Å². The molecule has 0 saturated carbocycles. The van der Waals surface area contributed by atoms with Crippen molar-refractivity contribution in [2.24, 2.45) is 0 Å². The number of rotatable bonds is 1. The van der Waals surface area contributed by atoms with E-state index in [-0.39, 0.29) is 10.5 Å². The molecule has 6 heteroatoms. The number of nitrogens with zero attached hydrogens (tertiary/aromatic N) is 1. The molecule has 21 heavy (non-hydrogen) atoms. The minimum absolute atomic E-state index is 0.128. The van der Waals surface area contributed by atoms with E-state index in [1.54, 1.807) is 6.07 Å². The number of likely N-dealkylation sites (N-methyl/N-ethyl adjacent to an activating group) is 1. The van der Waals surface area contributed by atoms with E-state index in [1.165, 1.54) is 0 Å². The average molecular weight is 317 g/mol. The van der Waals surface area contributed by atoms with E-state index in [2.05, 4.69) is 9.88 Å². The van der Waals surface area contributed by atoms with Crippen LogP contribution in [0.4, 0.5) is 13.2 Å². The molecule has 1 aliphatic carbocycles. The fraction of sp³-hybridized carbons (Fsp3) is 0.467. The lowest BCUT2D eigenvalue weighted by Gasteiger charge is -2.28. The Kier molecular flexibility index (Phi) is 3.45. The molecular formula is C15H16ClF3N2. The number of aryl methyl sites for hydroxylation is 1. The quantitative estimate of drug-likeness (QED) is 0.833. The number of fused-ring (bicyclic) bond motifs is 3. The number of aromatic amines is 1. The molecule has 1 atom stereocenters. The highest BCUT2D eigenvalue weighted by atomic mass is 35.5. The highest BCUT2D eigenvalue weighted by molar-refractivity contribution is 6.31. The zero-order chi connectivity index (χ0) is 15.4. The van der Waals surface area contributed by atoms with Crippen molar-refractivity contribution in [2.75, 3.05) is 14.1 Å². The van der Waals surface area contributed by atoms with Crippen LogP contribution < -0.4 is 0 Å². The van der Waals surface area contributed by atoms with Crippen molar-refractivity contribution >= 4 is 22.5 Å². The standard InChI is InChI=1S/C15H16ClF3N2/c1-21(2)9-3-4-13-10(7-9)11-5-8(16)6-12(14(11)20-13)15(17,18)19/h5-6,9,20H,3-4,7H2,1-2H3. The first-order valence-corrected chi connectivity index (χ1v) is 7.21. The van der Waals surface area contributed by atoms with Crippen LogP contribution in [0.25, 0.3) is 10.9 Å². The van der Waals surface area contributed by atoms with E-state index in [9.17, 15) is 13.2 Å². The maximum Gasteiger partial charge on any atom is 0.418 e. The number of hydrogen-bond acceptors (Lipinski definition) is 1. The summed E-state index contributed by atoms with van der Waals surface area (Å²) >= 11 is 5.90. The molecule has 1 unspecified atom stereocenters. The van der Waals surface area contributed by atoms with Gasteiger partial charge in [0, 0.05) is 22.1 Å². The van der Waals surface area contributed by atoms with Crippen molar-refractivity contribution in [1.82, 2.24) is 9.88 Å². The molecule has 0 saturated heterocycles. The van der Waals surface area contributed by atoms with Crippen LogP contribution in [0.15, 0.2) is 12.1 Å². The molecule has 0 aliphatic heterocycles. The fourth-order valence-electron chi connectivity index (χ4n) is 3.13. The number of hydrogen-bond donors (Lipinski definition) is 1. The van der Waals surface area contributed by atoms with Gasteiger partial charge in [-0.2, -0.15) is 13.2 Å². The molecule has 1 aromatic heterocycles. The molecule has 1 aromatic carbocycles. The van der Waals surface area contributed by atoms with Crippen molar-refractivity contribution in [3.8, 4) is 0 Å². The molecule has 1 heterocycles. The second-order valence-electron chi connectivity index (χ2n) is 5.82. The van der Waals surface area contributed by atoms with E-state index in [4.69, 9.17) is 11.6 Å². The third kappa shape index (κ3) is 2.53. The lowest BCUT2D eigenvalue weighted by molar-refractivity contribution is -0.136. The van der Waals surface area contributed by atoms with Crippen LogP contribution in [0.5, 0.6) is 0 Å². The van der Waals surface area contributed by atoms with Gasteiger partial charge in [0.05, 0.1) is 11.1 Å². The summed E-state index contributed by atoms with van der Waals surface area (Å²) < 4.78 is 39.5.